The van der Waals surface area contributed by atoms with Crippen molar-refractivity contribution in [2.24, 2.45) is 0 Å². The maximum absolute atomic E-state index is 13.2. The highest BCUT2D eigenvalue weighted by Gasteiger charge is 2.34. The predicted molar refractivity (Wildman–Crippen MR) is 156 cm³/mol. The normalized spacial score (nSPS) is 14.1. The lowest BCUT2D eigenvalue weighted by atomic mass is 10.1. The fourth-order valence-electron chi connectivity index (χ4n) is 3.38. The van der Waals surface area contributed by atoms with Crippen molar-refractivity contribution in [1.82, 2.24) is 9.88 Å². The Balaban J connectivity index is 0.000000417. The van der Waals surface area contributed by atoms with Crippen LogP contribution in [0, 0.1) is 0 Å². The molecule has 0 amide bonds. The van der Waals surface area contributed by atoms with E-state index < -0.39 is 5.92 Å². The van der Waals surface area contributed by atoms with Crippen molar-refractivity contribution >= 4 is 46.0 Å². The first-order chi connectivity index (χ1) is 17.4. The van der Waals surface area contributed by atoms with Crippen molar-refractivity contribution in [1.29, 1.82) is 0 Å². The number of Topliss-reactive ketones (excluding diaryl/α,β-unsaturated/α-hetero) is 1. The highest BCUT2D eigenvalue weighted by molar-refractivity contribution is 7.09. The third kappa shape index (κ3) is 11.8. The number of ketones is 1. The number of alkyl halides is 2. The summed E-state index contributed by atoms with van der Waals surface area (Å²) in [7, 11) is 0. The molecule has 1 saturated heterocycles. The van der Waals surface area contributed by atoms with Crippen LogP contribution in [0.1, 0.15) is 63.7 Å². The maximum Gasteiger partial charge on any atom is 0.251 e. The molecule has 1 fully saturated rings. The van der Waals surface area contributed by atoms with Crippen LogP contribution >= 0.6 is 34.5 Å². The Labute approximate surface area is 234 Å². The number of carbonyl (C=O) groups is 1. The number of thiazole rings is 1. The first-order valence-electron chi connectivity index (χ1n) is 12.1. The molecule has 3 nitrogen and oxygen atoms in total. The topological polar surface area (TPSA) is 33.2 Å². The van der Waals surface area contributed by atoms with Gasteiger partial charge in [-0.25, -0.2) is 13.8 Å². The summed E-state index contributed by atoms with van der Waals surface area (Å²) < 4.78 is 26.5. The highest BCUT2D eigenvalue weighted by Crippen LogP contribution is 2.31. The summed E-state index contributed by atoms with van der Waals surface area (Å²) in [5.41, 5.74) is 4.33. The molecule has 0 saturated carbocycles. The number of piperidine rings is 1. The molecule has 8 heteroatoms. The van der Waals surface area contributed by atoms with Crippen molar-refractivity contribution in [3.8, 4) is 0 Å². The number of carbonyl (C=O) groups excluding carboxylic acids is 1. The molecular formula is C29H36Cl2F2N2OS. The summed E-state index contributed by atoms with van der Waals surface area (Å²) in [5, 5.41) is 4.06. The largest absolute Gasteiger partial charge is 0.370 e. The van der Waals surface area contributed by atoms with Crippen LogP contribution in [0.25, 0.3) is 5.70 Å². The number of rotatable bonds is 7. The van der Waals surface area contributed by atoms with E-state index in [4.69, 9.17) is 23.2 Å². The predicted octanol–water partition coefficient (Wildman–Crippen LogP) is 9.34. The van der Waals surface area contributed by atoms with Gasteiger partial charge in [0.05, 0.1) is 16.4 Å². The Morgan fingerprint density at radius 2 is 1.68 bits per heavy atom. The van der Waals surface area contributed by atoms with Crippen molar-refractivity contribution in [3.63, 3.8) is 0 Å². The standard InChI is InChI=1S/C17H17ClF2N2S.C10H13ClO.C2H6/c1-12(22-8-6-17(19,20)7-9-22)15-11-23-16(21-15)10-13-2-4-14(18)5-3-13;1-7(2)10(9(4)12)6-5-8(3)11;1-2/h2-5,11H,1,6-10H2;5-6H,3H2,1-2,4H3;1-2H3/b;6-5-;. The van der Waals surface area contributed by atoms with Gasteiger partial charge in [-0.1, -0.05) is 74.0 Å². The highest BCUT2D eigenvalue weighted by atomic mass is 35.5. The minimum Gasteiger partial charge on any atom is -0.370 e. The minimum absolute atomic E-state index is 0.0455. The average molecular weight is 570 g/mol. The molecule has 2 heterocycles. The van der Waals surface area contributed by atoms with Crippen LogP contribution in [-0.4, -0.2) is 34.7 Å². The third-order valence-electron chi connectivity index (χ3n) is 5.34. The summed E-state index contributed by atoms with van der Waals surface area (Å²) >= 11 is 13.0. The van der Waals surface area contributed by atoms with E-state index in [0.717, 1.165) is 34.0 Å². The van der Waals surface area contributed by atoms with E-state index in [1.807, 2.05) is 62.2 Å². The van der Waals surface area contributed by atoms with E-state index >= 15 is 0 Å². The van der Waals surface area contributed by atoms with E-state index in [1.54, 1.807) is 23.5 Å². The molecule has 1 aliphatic rings. The first kappa shape index (κ1) is 32.7. The van der Waals surface area contributed by atoms with Gasteiger partial charge >= 0.3 is 0 Å². The van der Waals surface area contributed by atoms with Crippen LogP contribution < -0.4 is 0 Å². The van der Waals surface area contributed by atoms with E-state index in [-0.39, 0.29) is 18.6 Å². The molecule has 2 aromatic rings. The second kappa shape index (κ2) is 15.9. The van der Waals surface area contributed by atoms with Crippen LogP contribution in [0.3, 0.4) is 0 Å². The van der Waals surface area contributed by atoms with Gasteiger partial charge in [0.25, 0.3) is 5.92 Å². The van der Waals surface area contributed by atoms with Gasteiger partial charge in [0, 0.05) is 53.4 Å². The molecule has 1 aromatic carbocycles. The van der Waals surface area contributed by atoms with Crippen LogP contribution in [0.15, 0.2) is 71.1 Å². The molecule has 1 aliphatic heterocycles. The summed E-state index contributed by atoms with van der Waals surface area (Å²) in [6.07, 6.45) is 3.80. The first-order valence-corrected chi connectivity index (χ1v) is 13.7. The van der Waals surface area contributed by atoms with E-state index in [9.17, 15) is 13.6 Å². The monoisotopic (exact) mass is 568 g/mol. The Morgan fingerprint density at radius 3 is 2.16 bits per heavy atom. The number of hydrogen-bond acceptors (Lipinski definition) is 4. The van der Waals surface area contributed by atoms with Gasteiger partial charge in [-0.3, -0.25) is 4.79 Å². The van der Waals surface area contributed by atoms with Crippen LogP contribution in [-0.2, 0) is 11.2 Å². The van der Waals surface area contributed by atoms with Gasteiger partial charge in [0.1, 0.15) is 0 Å². The van der Waals surface area contributed by atoms with Crippen molar-refractivity contribution in [2.45, 2.75) is 59.8 Å². The summed E-state index contributed by atoms with van der Waals surface area (Å²) in [5.74, 6) is -2.50. The molecule has 3 rings (SSSR count). The van der Waals surface area contributed by atoms with E-state index in [0.29, 0.717) is 28.7 Å². The zero-order valence-electron chi connectivity index (χ0n) is 22.2. The van der Waals surface area contributed by atoms with Gasteiger partial charge < -0.3 is 4.90 Å². The maximum atomic E-state index is 13.2. The number of benzene rings is 1. The van der Waals surface area contributed by atoms with Crippen molar-refractivity contribution in [2.75, 3.05) is 13.1 Å². The van der Waals surface area contributed by atoms with Gasteiger partial charge in [0.2, 0.25) is 0 Å². The molecular weight excluding hydrogens is 533 g/mol. The Bertz CT molecular complexity index is 1110. The SMILES string of the molecule is C=C(Cl)/C=C\C(C(C)=O)=C(C)C.C=C(c1csc(Cc2ccc(Cl)cc2)n1)N1CCC(F)(F)CC1.CC. The van der Waals surface area contributed by atoms with Gasteiger partial charge in [-0.05, 0) is 44.5 Å². The fourth-order valence-corrected chi connectivity index (χ4v) is 4.40. The molecule has 0 atom stereocenters. The van der Waals surface area contributed by atoms with Crippen LogP contribution in [0.4, 0.5) is 8.78 Å². The second-order valence-electron chi connectivity index (χ2n) is 8.47. The quantitative estimate of drug-likeness (QED) is 0.246. The number of hydrogen-bond donors (Lipinski definition) is 0. The summed E-state index contributed by atoms with van der Waals surface area (Å²) in [6.45, 7) is 17.5. The zero-order chi connectivity index (χ0) is 28.2. The van der Waals surface area contributed by atoms with E-state index in [2.05, 4.69) is 18.1 Å². The number of likely N-dealkylation sites (tertiary alicyclic amines) is 1. The molecule has 0 unspecified atom stereocenters. The lowest BCUT2D eigenvalue weighted by Crippen LogP contribution is -2.38. The Hall–Kier alpha value is -2.28. The van der Waals surface area contributed by atoms with E-state index in [1.165, 1.54) is 6.92 Å². The zero-order valence-corrected chi connectivity index (χ0v) is 24.5. The molecule has 0 N–H and O–H groups in total. The number of allylic oxidation sites excluding steroid dienone is 5. The van der Waals surface area contributed by atoms with Crippen LogP contribution in [0.2, 0.25) is 5.02 Å². The lowest BCUT2D eigenvalue weighted by Gasteiger charge is -2.33. The molecule has 0 radical (unpaired) electrons. The number of nitrogens with zero attached hydrogens (tertiary/aromatic N) is 2. The summed E-state index contributed by atoms with van der Waals surface area (Å²) in [6, 6.07) is 7.67. The smallest absolute Gasteiger partial charge is 0.251 e. The number of aromatic nitrogens is 1. The Kier molecular flexibility index (Phi) is 14.0. The third-order valence-corrected chi connectivity index (χ3v) is 6.57. The lowest BCUT2D eigenvalue weighted by molar-refractivity contribution is -0.113. The molecule has 1 aromatic heterocycles. The molecule has 0 spiro atoms. The van der Waals surface area contributed by atoms with Crippen molar-refractivity contribution < 1.29 is 13.6 Å². The molecule has 0 aliphatic carbocycles. The average Bonchev–Trinajstić information content (AvgIpc) is 3.30. The van der Waals surface area contributed by atoms with Gasteiger partial charge in [0.15, 0.2) is 5.78 Å². The van der Waals surface area contributed by atoms with Gasteiger partial charge in [-0.2, -0.15) is 0 Å². The van der Waals surface area contributed by atoms with Crippen LogP contribution in [0.5, 0.6) is 0 Å². The number of halogens is 4. The Morgan fingerprint density at radius 1 is 1.11 bits per heavy atom. The minimum atomic E-state index is -2.54. The van der Waals surface area contributed by atoms with Gasteiger partial charge in [-0.15, -0.1) is 11.3 Å². The second-order valence-corrected chi connectivity index (χ2v) is 10.3. The van der Waals surface area contributed by atoms with Crippen molar-refractivity contribution in [3.05, 3.63) is 92.4 Å². The fraction of sp³-hybridized carbons (Fsp3) is 0.379. The molecule has 37 heavy (non-hydrogen) atoms. The molecule has 202 valence electrons. The molecule has 0 bridgehead atoms. The summed E-state index contributed by atoms with van der Waals surface area (Å²) in [4.78, 5) is 17.5.